The third kappa shape index (κ3) is 3.79. The molecule has 2 amide bonds. The number of nitrogens with zero attached hydrogens (tertiary/aromatic N) is 2. The second-order valence-corrected chi connectivity index (χ2v) is 10.9. The molecule has 10 heteroatoms. The zero-order valence-electron chi connectivity index (χ0n) is 17.7. The summed E-state index contributed by atoms with van der Waals surface area (Å²) in [6.45, 7) is 0.175. The molecule has 1 saturated heterocycles. The molecule has 1 unspecified atom stereocenters. The van der Waals surface area contributed by atoms with E-state index in [4.69, 9.17) is 4.74 Å². The van der Waals surface area contributed by atoms with Crippen molar-refractivity contribution in [2.45, 2.75) is 10.3 Å². The Labute approximate surface area is 195 Å². The SMILES string of the molecule is COc1ccc(-c2ccc3c(c2)C(=O)N2CCN(S(=O)(=O)c4cccs4)CC2C(=O)N3)cc1. The van der Waals surface area contributed by atoms with Gasteiger partial charge in [-0.15, -0.1) is 11.3 Å². The first-order valence-corrected chi connectivity index (χ1v) is 12.6. The van der Waals surface area contributed by atoms with Crippen LogP contribution in [0.2, 0.25) is 0 Å². The fraction of sp³-hybridized carbons (Fsp3) is 0.217. The average Bonchev–Trinajstić information content (AvgIpc) is 3.36. The lowest BCUT2D eigenvalue weighted by atomic mass is 10.0. The summed E-state index contributed by atoms with van der Waals surface area (Å²) in [6.07, 6.45) is 0. The van der Waals surface area contributed by atoms with E-state index in [2.05, 4.69) is 5.32 Å². The molecule has 1 N–H and O–H groups in total. The van der Waals surface area contributed by atoms with Crippen LogP contribution in [0.5, 0.6) is 5.75 Å². The number of hydrogen-bond donors (Lipinski definition) is 1. The Morgan fingerprint density at radius 2 is 1.79 bits per heavy atom. The van der Waals surface area contributed by atoms with Crippen molar-refractivity contribution in [1.29, 1.82) is 0 Å². The second-order valence-electron chi connectivity index (χ2n) is 7.79. The Morgan fingerprint density at radius 1 is 1.03 bits per heavy atom. The van der Waals surface area contributed by atoms with E-state index in [1.807, 2.05) is 30.3 Å². The number of carbonyl (C=O) groups is 2. The first kappa shape index (κ1) is 21.6. The molecule has 2 aliphatic heterocycles. The number of rotatable bonds is 4. The molecule has 1 aromatic heterocycles. The van der Waals surface area contributed by atoms with Crippen LogP contribution >= 0.6 is 11.3 Å². The molecule has 170 valence electrons. The van der Waals surface area contributed by atoms with E-state index in [-0.39, 0.29) is 29.8 Å². The lowest BCUT2D eigenvalue weighted by molar-refractivity contribution is -0.121. The molecule has 3 heterocycles. The normalized spacial score (nSPS) is 18.8. The highest BCUT2D eigenvalue weighted by Crippen LogP contribution is 2.32. The molecule has 2 aliphatic rings. The van der Waals surface area contributed by atoms with Gasteiger partial charge in [-0.1, -0.05) is 24.3 Å². The number of anilines is 1. The number of thiophene rings is 1. The van der Waals surface area contributed by atoms with E-state index in [1.54, 1.807) is 36.8 Å². The molecule has 5 rings (SSSR count). The van der Waals surface area contributed by atoms with Gasteiger partial charge in [0.2, 0.25) is 5.91 Å². The molecule has 33 heavy (non-hydrogen) atoms. The predicted molar refractivity (Wildman–Crippen MR) is 125 cm³/mol. The molecular formula is C23H21N3O5S2. The van der Waals surface area contributed by atoms with Gasteiger partial charge < -0.3 is 15.0 Å². The van der Waals surface area contributed by atoms with E-state index in [1.165, 1.54) is 9.21 Å². The lowest BCUT2D eigenvalue weighted by Crippen LogP contribution is -2.59. The van der Waals surface area contributed by atoms with Crippen LogP contribution < -0.4 is 10.1 Å². The van der Waals surface area contributed by atoms with Crippen molar-refractivity contribution in [1.82, 2.24) is 9.21 Å². The van der Waals surface area contributed by atoms with Crippen LogP contribution in [0.15, 0.2) is 64.2 Å². The summed E-state index contributed by atoms with van der Waals surface area (Å²) >= 11 is 1.13. The maximum Gasteiger partial charge on any atom is 0.256 e. The van der Waals surface area contributed by atoms with E-state index < -0.39 is 22.0 Å². The summed E-state index contributed by atoms with van der Waals surface area (Å²) in [5, 5.41) is 4.51. The fourth-order valence-electron chi connectivity index (χ4n) is 4.15. The van der Waals surface area contributed by atoms with Crippen LogP contribution in [-0.2, 0) is 14.8 Å². The van der Waals surface area contributed by atoms with Gasteiger partial charge in [-0.25, -0.2) is 8.42 Å². The predicted octanol–water partition coefficient (Wildman–Crippen LogP) is 2.89. The number of methoxy groups -OCH3 is 1. The second kappa shape index (κ2) is 8.29. The van der Waals surface area contributed by atoms with Crippen LogP contribution in [0.4, 0.5) is 5.69 Å². The van der Waals surface area contributed by atoms with E-state index in [0.717, 1.165) is 28.2 Å². The lowest BCUT2D eigenvalue weighted by Gasteiger charge is -2.38. The highest BCUT2D eigenvalue weighted by atomic mass is 32.2. The van der Waals surface area contributed by atoms with Gasteiger partial charge in [0, 0.05) is 19.6 Å². The van der Waals surface area contributed by atoms with Gasteiger partial charge in [-0.2, -0.15) is 4.31 Å². The molecule has 0 aliphatic carbocycles. The Hall–Kier alpha value is -3.21. The van der Waals surface area contributed by atoms with Crippen molar-refractivity contribution in [2.24, 2.45) is 0 Å². The molecule has 1 atom stereocenters. The molecule has 0 radical (unpaired) electrons. The number of fused-ring (bicyclic) bond motifs is 2. The average molecular weight is 484 g/mol. The molecule has 0 saturated carbocycles. The Morgan fingerprint density at radius 3 is 2.48 bits per heavy atom. The van der Waals surface area contributed by atoms with Crippen LogP contribution in [0, 0.1) is 0 Å². The molecule has 1 fully saturated rings. The Bertz CT molecular complexity index is 1320. The number of piperazine rings is 1. The van der Waals surface area contributed by atoms with Gasteiger partial charge in [-0.3, -0.25) is 9.59 Å². The Kier molecular flexibility index (Phi) is 5.43. The number of sulfonamides is 1. The number of hydrogen-bond acceptors (Lipinski definition) is 6. The summed E-state index contributed by atoms with van der Waals surface area (Å²) in [4.78, 5) is 27.9. The minimum absolute atomic E-state index is 0.0862. The van der Waals surface area contributed by atoms with Crippen LogP contribution in [0.3, 0.4) is 0 Å². The van der Waals surface area contributed by atoms with Crippen LogP contribution in [0.1, 0.15) is 10.4 Å². The molecule has 3 aromatic rings. The summed E-state index contributed by atoms with van der Waals surface area (Å²) in [6, 6.07) is 15.1. The van der Waals surface area contributed by atoms with Crippen molar-refractivity contribution < 1.29 is 22.7 Å². The van der Waals surface area contributed by atoms with Gasteiger partial charge in [0.25, 0.3) is 15.9 Å². The van der Waals surface area contributed by atoms with Gasteiger partial charge in [0.1, 0.15) is 16.0 Å². The van der Waals surface area contributed by atoms with Gasteiger partial charge in [-0.05, 0) is 46.8 Å². The van der Waals surface area contributed by atoms with E-state index in [9.17, 15) is 18.0 Å². The van der Waals surface area contributed by atoms with Crippen molar-refractivity contribution in [2.75, 3.05) is 32.1 Å². The number of carbonyl (C=O) groups excluding carboxylic acids is 2. The van der Waals surface area contributed by atoms with Crippen molar-refractivity contribution in [3.8, 4) is 16.9 Å². The quantitative estimate of drug-likeness (QED) is 0.616. The highest BCUT2D eigenvalue weighted by molar-refractivity contribution is 7.91. The first-order chi connectivity index (χ1) is 15.9. The minimum Gasteiger partial charge on any atom is -0.497 e. The molecule has 8 nitrogen and oxygen atoms in total. The van der Waals surface area contributed by atoms with E-state index in [0.29, 0.717) is 11.3 Å². The monoisotopic (exact) mass is 483 g/mol. The van der Waals surface area contributed by atoms with E-state index >= 15 is 0 Å². The summed E-state index contributed by atoms with van der Waals surface area (Å²) in [5.74, 6) is 0.0392. The number of ether oxygens (including phenoxy) is 1. The number of nitrogens with one attached hydrogen (secondary N) is 1. The molecule has 0 bridgehead atoms. The minimum atomic E-state index is -3.71. The van der Waals surface area contributed by atoms with Crippen LogP contribution in [-0.4, -0.2) is 62.2 Å². The topological polar surface area (TPSA) is 96.0 Å². The standard InChI is InChI=1S/C23H21N3O5S2/c1-31-17-7-4-15(5-8-17)16-6-9-19-18(13-16)23(28)26-11-10-25(14-20(26)22(27)24-19)33(29,30)21-3-2-12-32-21/h2-9,12-13,20H,10-11,14H2,1H3,(H,24,27). The zero-order valence-corrected chi connectivity index (χ0v) is 19.4. The van der Waals surface area contributed by atoms with Gasteiger partial charge >= 0.3 is 0 Å². The summed E-state index contributed by atoms with van der Waals surface area (Å²) < 4.78 is 32.6. The van der Waals surface area contributed by atoms with Crippen molar-refractivity contribution in [3.63, 3.8) is 0 Å². The highest BCUT2D eigenvalue weighted by Gasteiger charge is 2.42. The van der Waals surface area contributed by atoms with Crippen molar-refractivity contribution >= 4 is 38.9 Å². The Balaban J connectivity index is 1.45. The maximum atomic E-state index is 13.4. The third-order valence-corrected chi connectivity index (χ3v) is 9.17. The molecule has 0 spiro atoms. The number of amides is 2. The van der Waals surface area contributed by atoms with Gasteiger partial charge in [0.15, 0.2) is 0 Å². The number of benzene rings is 2. The largest absolute Gasteiger partial charge is 0.497 e. The van der Waals surface area contributed by atoms with Crippen LogP contribution in [0.25, 0.3) is 11.1 Å². The zero-order chi connectivity index (χ0) is 23.2. The molecular weight excluding hydrogens is 462 g/mol. The summed E-state index contributed by atoms with van der Waals surface area (Å²) in [7, 11) is -2.12. The fourth-order valence-corrected chi connectivity index (χ4v) is 6.73. The third-order valence-electron chi connectivity index (χ3n) is 5.93. The van der Waals surface area contributed by atoms with Crippen molar-refractivity contribution in [3.05, 3.63) is 65.5 Å². The van der Waals surface area contributed by atoms with Gasteiger partial charge in [0.05, 0.1) is 18.4 Å². The maximum absolute atomic E-state index is 13.4. The first-order valence-electron chi connectivity index (χ1n) is 10.3. The smallest absolute Gasteiger partial charge is 0.256 e. The summed E-state index contributed by atoms with van der Waals surface area (Å²) in [5.41, 5.74) is 2.54. The molecule has 2 aromatic carbocycles.